The monoisotopic (exact) mass is 475 g/mol. The van der Waals surface area contributed by atoms with Gasteiger partial charge in [-0.25, -0.2) is 0 Å². The Morgan fingerprint density at radius 2 is 1.61 bits per heavy atom. The molecule has 0 radical (unpaired) electrons. The van der Waals surface area contributed by atoms with Crippen LogP contribution in [0.3, 0.4) is 0 Å². The van der Waals surface area contributed by atoms with Crippen LogP contribution < -0.4 is 15.5 Å². The summed E-state index contributed by atoms with van der Waals surface area (Å²) in [4.78, 5) is 45.0. The van der Waals surface area contributed by atoms with E-state index in [1.54, 1.807) is 36.0 Å². The molecule has 2 aliphatic heterocycles. The van der Waals surface area contributed by atoms with E-state index >= 15 is 0 Å². The number of fused-ring (bicyclic) bond motifs is 9. The first kappa shape index (κ1) is 19.6. The number of nitrogen functional groups attached to an aromatic ring is 1. The molecule has 4 aliphatic rings. The van der Waals surface area contributed by atoms with E-state index in [1.807, 2.05) is 18.2 Å². The molecule has 3 N–H and O–H groups in total. The van der Waals surface area contributed by atoms with Gasteiger partial charge in [0.1, 0.15) is 0 Å². The number of nitrogens with one attached hydrogen (secondary N) is 1. The number of thiazole rings is 1. The van der Waals surface area contributed by atoms with Gasteiger partial charge in [0.05, 0.1) is 22.5 Å². The number of rotatable bonds is 2. The largest absolute Gasteiger partial charge is 0.399 e. The maximum atomic E-state index is 13.7. The lowest BCUT2D eigenvalue weighted by atomic mass is 9.68. The topological polar surface area (TPSA) is 96.3 Å². The van der Waals surface area contributed by atoms with Gasteiger partial charge in [0, 0.05) is 21.7 Å². The molecule has 166 valence electrons. The van der Waals surface area contributed by atoms with Crippen molar-refractivity contribution in [1.29, 1.82) is 0 Å². The first-order chi connectivity index (χ1) is 16.0. The minimum absolute atomic E-state index is 0.0392. The molecule has 1 aromatic heterocycles. The van der Waals surface area contributed by atoms with Crippen LogP contribution in [0.5, 0.6) is 0 Å². The predicted octanol–water partition coefficient (Wildman–Crippen LogP) is 3.70. The summed E-state index contributed by atoms with van der Waals surface area (Å²) in [5, 5.41) is 1.15. The van der Waals surface area contributed by atoms with Crippen LogP contribution in [0.25, 0.3) is 0 Å². The molecule has 3 aromatic rings. The van der Waals surface area contributed by atoms with Crippen molar-refractivity contribution in [3.63, 3.8) is 0 Å². The van der Waals surface area contributed by atoms with Crippen LogP contribution in [0.4, 0.5) is 11.4 Å². The molecule has 2 saturated carbocycles. The van der Waals surface area contributed by atoms with E-state index in [4.69, 9.17) is 5.73 Å². The summed E-state index contributed by atoms with van der Waals surface area (Å²) in [6.07, 6.45) is 0.896. The Morgan fingerprint density at radius 3 is 2.33 bits per heavy atom. The molecule has 33 heavy (non-hydrogen) atoms. The lowest BCUT2D eigenvalue weighted by Crippen LogP contribution is -2.42. The second-order valence-electron chi connectivity index (χ2n) is 9.47. The number of hydrogen-bond donors (Lipinski definition) is 2. The molecular weight excluding hydrogens is 454 g/mol. The number of carbonyl (C=O) groups is 2. The molecule has 3 heterocycles. The smallest absolute Gasteiger partial charge is 0.305 e. The number of aromatic amines is 1. The molecule has 7 atom stereocenters. The van der Waals surface area contributed by atoms with Crippen molar-refractivity contribution in [3.05, 3.63) is 74.7 Å². The molecule has 6 nitrogen and oxygen atoms in total. The number of H-pyrrole nitrogens is 1. The lowest BCUT2D eigenvalue weighted by molar-refractivity contribution is -0.123. The number of nitrogens with zero attached hydrogens (tertiary/aromatic N) is 1. The minimum Gasteiger partial charge on any atom is -0.399 e. The van der Waals surface area contributed by atoms with Crippen LogP contribution in [-0.2, 0) is 9.59 Å². The third kappa shape index (κ3) is 2.59. The molecule has 2 bridgehead atoms. The van der Waals surface area contributed by atoms with E-state index in [1.165, 1.54) is 21.8 Å². The average Bonchev–Trinajstić information content (AvgIpc) is 3.54. The van der Waals surface area contributed by atoms with Gasteiger partial charge < -0.3 is 10.7 Å². The van der Waals surface area contributed by atoms with Gasteiger partial charge in [0.25, 0.3) is 0 Å². The van der Waals surface area contributed by atoms with Gasteiger partial charge in [0.2, 0.25) is 11.8 Å². The maximum Gasteiger partial charge on any atom is 0.305 e. The first-order valence-corrected chi connectivity index (χ1v) is 12.9. The van der Waals surface area contributed by atoms with E-state index in [-0.39, 0.29) is 57.4 Å². The van der Waals surface area contributed by atoms with Gasteiger partial charge in [-0.15, -0.1) is 11.8 Å². The van der Waals surface area contributed by atoms with E-state index in [2.05, 4.69) is 17.1 Å². The molecule has 0 unspecified atom stereocenters. The number of thioether (sulfide) groups is 1. The van der Waals surface area contributed by atoms with Crippen molar-refractivity contribution in [3.8, 4) is 0 Å². The quantitative estimate of drug-likeness (QED) is 0.435. The highest BCUT2D eigenvalue weighted by Gasteiger charge is 2.69. The van der Waals surface area contributed by atoms with E-state index < -0.39 is 0 Å². The molecule has 3 fully saturated rings. The highest BCUT2D eigenvalue weighted by molar-refractivity contribution is 8.00. The van der Waals surface area contributed by atoms with Gasteiger partial charge in [0.15, 0.2) is 0 Å². The van der Waals surface area contributed by atoms with Crippen molar-refractivity contribution >= 4 is 46.3 Å². The number of imide groups is 1. The Labute approximate surface area is 198 Å². The summed E-state index contributed by atoms with van der Waals surface area (Å²) in [5.74, 6) is -0.168. The van der Waals surface area contributed by atoms with Crippen LogP contribution in [-0.4, -0.2) is 22.0 Å². The zero-order valence-electron chi connectivity index (χ0n) is 17.5. The zero-order chi connectivity index (χ0) is 22.4. The van der Waals surface area contributed by atoms with Crippen molar-refractivity contribution in [2.24, 2.45) is 29.6 Å². The fourth-order valence-electron chi connectivity index (χ4n) is 6.93. The normalized spacial score (nSPS) is 33.8. The summed E-state index contributed by atoms with van der Waals surface area (Å²) in [7, 11) is 0. The molecule has 8 heteroatoms. The Hall–Kier alpha value is -2.84. The highest BCUT2D eigenvalue weighted by Crippen LogP contribution is 2.68. The lowest BCUT2D eigenvalue weighted by Gasteiger charge is -2.43. The van der Waals surface area contributed by atoms with Crippen molar-refractivity contribution in [1.82, 2.24) is 4.98 Å². The van der Waals surface area contributed by atoms with E-state index in [9.17, 15) is 14.4 Å². The molecule has 2 aliphatic carbocycles. The Bertz CT molecular complexity index is 1350. The maximum absolute atomic E-state index is 13.7. The van der Waals surface area contributed by atoms with Crippen molar-refractivity contribution in [2.45, 2.75) is 22.6 Å². The van der Waals surface area contributed by atoms with Gasteiger partial charge >= 0.3 is 4.87 Å². The predicted molar refractivity (Wildman–Crippen MR) is 128 cm³/mol. The Kier molecular flexibility index (Phi) is 4.06. The second-order valence-corrected chi connectivity index (χ2v) is 11.7. The van der Waals surface area contributed by atoms with Crippen LogP contribution in [0.1, 0.15) is 22.8 Å². The number of aromatic nitrogens is 1. The number of carbonyl (C=O) groups excluding carboxylic acids is 2. The fourth-order valence-corrected chi connectivity index (χ4v) is 9.82. The van der Waals surface area contributed by atoms with Crippen LogP contribution >= 0.6 is 23.1 Å². The molecule has 7 rings (SSSR count). The van der Waals surface area contributed by atoms with E-state index in [0.29, 0.717) is 11.4 Å². The van der Waals surface area contributed by atoms with Crippen LogP contribution in [0.2, 0.25) is 0 Å². The third-order valence-corrected chi connectivity index (χ3v) is 10.6. The van der Waals surface area contributed by atoms with Crippen LogP contribution in [0, 0.1) is 29.6 Å². The number of benzene rings is 2. The SMILES string of the molecule is Nc1ccc(N2C(=O)[C@@H]3[C@H]4C[C@H]([C@@H]5Sc6[nH]c(=O)sc6[C@@H](c6ccccc6)[C@H]45)[C@@H]3C2=O)cc1. The average molecular weight is 476 g/mol. The first-order valence-electron chi connectivity index (χ1n) is 11.2. The van der Waals surface area contributed by atoms with Gasteiger partial charge in [-0.05, 0) is 54.0 Å². The van der Waals surface area contributed by atoms with E-state index in [0.717, 1.165) is 16.3 Å². The third-order valence-electron chi connectivity index (χ3n) is 8.03. The standard InChI is InChI=1S/C25H21N3O3S2/c26-12-6-8-13(9-7-12)28-23(29)18-14-10-15(19(18)24(28)30)20-17(14)16(11-4-2-1-3-5-11)21-22(32-20)27-25(31)33-21/h1-9,14-20H,10,26H2,(H,27,31)/t14-,15-,16-,17-,18+,19-,20-/m0/s1. The highest BCUT2D eigenvalue weighted by atomic mass is 32.2. The van der Waals surface area contributed by atoms with Gasteiger partial charge in [-0.2, -0.15) is 0 Å². The van der Waals surface area contributed by atoms with Crippen molar-refractivity contribution < 1.29 is 9.59 Å². The van der Waals surface area contributed by atoms with Gasteiger partial charge in [-0.1, -0.05) is 41.7 Å². The molecule has 1 saturated heterocycles. The number of amides is 2. The van der Waals surface area contributed by atoms with Crippen molar-refractivity contribution in [2.75, 3.05) is 10.6 Å². The number of hydrogen-bond acceptors (Lipinski definition) is 6. The summed E-state index contributed by atoms with van der Waals surface area (Å²) in [5.41, 5.74) is 8.21. The summed E-state index contributed by atoms with van der Waals surface area (Å²) in [6, 6.07) is 17.3. The molecule has 2 amide bonds. The Balaban J connectivity index is 1.33. The summed E-state index contributed by atoms with van der Waals surface area (Å²) >= 11 is 3.01. The number of nitrogens with two attached hydrogens (primary N) is 1. The Morgan fingerprint density at radius 1 is 0.909 bits per heavy atom. The summed E-state index contributed by atoms with van der Waals surface area (Å²) < 4.78 is 0. The zero-order valence-corrected chi connectivity index (χ0v) is 19.1. The fraction of sp³-hybridized carbons (Fsp3) is 0.320. The molecular formula is C25H21N3O3S2. The summed E-state index contributed by atoms with van der Waals surface area (Å²) in [6.45, 7) is 0. The second kappa shape index (κ2) is 6.84. The van der Waals surface area contributed by atoms with Gasteiger partial charge in [-0.3, -0.25) is 19.3 Å². The van der Waals surface area contributed by atoms with Crippen LogP contribution in [0.15, 0.2) is 64.4 Å². The minimum atomic E-state index is -0.287. The molecule has 2 aromatic carbocycles. The number of anilines is 2. The molecule has 0 spiro atoms.